The number of rotatable bonds is 3. The summed E-state index contributed by atoms with van der Waals surface area (Å²) in [6.45, 7) is 3.92. The molecule has 2 aromatic rings. The molecule has 0 saturated carbocycles. The Morgan fingerprint density at radius 3 is 2.53 bits per heavy atom. The maximum Gasteiger partial charge on any atom is 0.0811 e. The first-order valence-corrected chi connectivity index (χ1v) is 5.93. The zero-order chi connectivity index (χ0) is 12.3. The summed E-state index contributed by atoms with van der Waals surface area (Å²) in [6, 6.07) is 12.1. The van der Waals surface area contributed by atoms with E-state index in [1.807, 2.05) is 38.1 Å². The molecule has 0 bridgehead atoms. The molecule has 1 unspecified atom stereocenters. The molecule has 2 rings (SSSR count). The van der Waals surface area contributed by atoms with Gasteiger partial charge in [-0.15, -0.1) is 0 Å². The van der Waals surface area contributed by atoms with Gasteiger partial charge in [0.25, 0.3) is 0 Å². The summed E-state index contributed by atoms with van der Waals surface area (Å²) in [5, 5.41) is 10.1. The van der Waals surface area contributed by atoms with Crippen LogP contribution in [-0.2, 0) is 0 Å². The Morgan fingerprint density at radius 1 is 1.18 bits per heavy atom. The van der Waals surface area contributed by atoms with Gasteiger partial charge in [-0.3, -0.25) is 4.98 Å². The Bertz CT molecular complexity index is 494. The summed E-state index contributed by atoms with van der Waals surface area (Å²) in [6.07, 6.45) is 2.05. The summed E-state index contributed by atoms with van der Waals surface area (Å²) in [5.41, 5.74) is 4.05. The first-order valence-electron chi connectivity index (χ1n) is 5.93. The predicted molar refractivity (Wildman–Crippen MR) is 69.7 cm³/mol. The van der Waals surface area contributed by atoms with Gasteiger partial charge in [-0.25, -0.2) is 0 Å². The minimum Gasteiger partial charge on any atom is -0.388 e. The zero-order valence-electron chi connectivity index (χ0n) is 10.2. The fourth-order valence-electron chi connectivity index (χ4n) is 2.07. The molecule has 0 aliphatic carbocycles. The number of aliphatic hydroxyl groups excluding tert-OH is 1. The quantitative estimate of drug-likeness (QED) is 0.870. The lowest BCUT2D eigenvalue weighted by Gasteiger charge is -2.16. The number of pyridine rings is 1. The van der Waals surface area contributed by atoms with E-state index in [2.05, 4.69) is 17.1 Å². The number of hydrogen-bond donors (Lipinski definition) is 1. The monoisotopic (exact) mass is 227 g/mol. The van der Waals surface area contributed by atoms with Crippen LogP contribution in [-0.4, -0.2) is 10.1 Å². The van der Waals surface area contributed by atoms with Crippen molar-refractivity contribution in [3.05, 3.63) is 53.9 Å². The largest absolute Gasteiger partial charge is 0.388 e. The third-order valence-electron chi connectivity index (χ3n) is 2.99. The fraction of sp³-hybridized carbons (Fsp3) is 0.267. The van der Waals surface area contributed by atoms with Crippen molar-refractivity contribution in [1.29, 1.82) is 0 Å². The SMILES string of the molecule is CCC(O)c1c(-c2ccccc2)ccnc1C. The third kappa shape index (κ3) is 2.37. The molecule has 2 heteroatoms. The molecule has 0 aliphatic rings. The van der Waals surface area contributed by atoms with Gasteiger partial charge in [-0.1, -0.05) is 37.3 Å². The van der Waals surface area contributed by atoms with Crippen LogP contribution in [0.5, 0.6) is 0 Å². The molecule has 2 nitrogen and oxygen atoms in total. The molecule has 0 amide bonds. The minimum absolute atomic E-state index is 0.445. The summed E-state index contributed by atoms with van der Waals surface area (Å²) < 4.78 is 0. The molecule has 17 heavy (non-hydrogen) atoms. The van der Waals surface area contributed by atoms with E-state index in [0.29, 0.717) is 6.42 Å². The fourth-order valence-corrected chi connectivity index (χ4v) is 2.07. The Morgan fingerprint density at radius 2 is 1.88 bits per heavy atom. The Hall–Kier alpha value is -1.67. The molecule has 0 aliphatic heterocycles. The maximum absolute atomic E-state index is 10.1. The van der Waals surface area contributed by atoms with E-state index in [4.69, 9.17) is 0 Å². The molecule has 0 radical (unpaired) electrons. The van der Waals surface area contributed by atoms with E-state index in [-0.39, 0.29) is 0 Å². The molecule has 0 fully saturated rings. The first-order chi connectivity index (χ1) is 8.24. The topological polar surface area (TPSA) is 33.1 Å². The number of aliphatic hydroxyl groups is 1. The second-order valence-electron chi connectivity index (χ2n) is 4.15. The highest BCUT2D eigenvalue weighted by molar-refractivity contribution is 5.68. The zero-order valence-corrected chi connectivity index (χ0v) is 10.2. The van der Waals surface area contributed by atoms with Gasteiger partial charge >= 0.3 is 0 Å². The summed E-state index contributed by atoms with van der Waals surface area (Å²) in [5.74, 6) is 0. The number of aryl methyl sites for hydroxylation is 1. The molecule has 1 aromatic carbocycles. The van der Waals surface area contributed by atoms with Gasteiger partial charge in [-0.2, -0.15) is 0 Å². The number of benzene rings is 1. The van der Waals surface area contributed by atoms with E-state index >= 15 is 0 Å². The van der Waals surface area contributed by atoms with Gasteiger partial charge in [0.2, 0.25) is 0 Å². The average Bonchev–Trinajstić information content (AvgIpc) is 2.38. The van der Waals surface area contributed by atoms with Gasteiger partial charge in [0, 0.05) is 17.5 Å². The highest BCUT2D eigenvalue weighted by atomic mass is 16.3. The van der Waals surface area contributed by atoms with Crippen LogP contribution < -0.4 is 0 Å². The summed E-state index contributed by atoms with van der Waals surface area (Å²) in [4.78, 5) is 4.27. The van der Waals surface area contributed by atoms with Gasteiger partial charge in [0.1, 0.15) is 0 Å². The highest BCUT2D eigenvalue weighted by Crippen LogP contribution is 2.30. The standard InChI is InChI=1S/C15H17NO/c1-3-14(17)15-11(2)16-10-9-13(15)12-7-5-4-6-8-12/h4-10,14,17H,3H2,1-2H3. The second-order valence-corrected chi connectivity index (χ2v) is 4.15. The van der Waals surface area contributed by atoms with Gasteiger partial charge < -0.3 is 5.11 Å². The Kier molecular flexibility index (Phi) is 3.55. The number of hydrogen-bond acceptors (Lipinski definition) is 2. The van der Waals surface area contributed by atoms with Crippen molar-refractivity contribution < 1.29 is 5.11 Å². The average molecular weight is 227 g/mol. The summed E-state index contributed by atoms with van der Waals surface area (Å²) in [7, 11) is 0. The summed E-state index contributed by atoms with van der Waals surface area (Å²) >= 11 is 0. The molecule has 1 heterocycles. The number of aromatic nitrogens is 1. The predicted octanol–water partition coefficient (Wildman–Crippen LogP) is 3.50. The van der Waals surface area contributed by atoms with Gasteiger partial charge in [-0.05, 0) is 30.5 Å². The van der Waals surface area contributed by atoms with Crippen molar-refractivity contribution in [3.8, 4) is 11.1 Å². The van der Waals surface area contributed by atoms with Crippen molar-refractivity contribution in [1.82, 2.24) is 4.98 Å². The third-order valence-corrected chi connectivity index (χ3v) is 2.99. The van der Waals surface area contributed by atoms with E-state index in [1.165, 1.54) is 0 Å². The van der Waals surface area contributed by atoms with Crippen LogP contribution in [0.2, 0.25) is 0 Å². The van der Waals surface area contributed by atoms with Gasteiger partial charge in [0.05, 0.1) is 6.10 Å². The molecule has 0 saturated heterocycles. The lowest BCUT2D eigenvalue weighted by Crippen LogP contribution is -2.03. The number of nitrogens with zero attached hydrogens (tertiary/aromatic N) is 1. The van der Waals surface area contributed by atoms with Gasteiger partial charge in [0.15, 0.2) is 0 Å². The molecule has 1 aromatic heterocycles. The normalized spacial score (nSPS) is 12.4. The van der Waals surface area contributed by atoms with E-state index in [9.17, 15) is 5.11 Å². The molecular formula is C15H17NO. The van der Waals surface area contributed by atoms with Crippen molar-refractivity contribution in [2.24, 2.45) is 0 Å². The van der Waals surface area contributed by atoms with Crippen molar-refractivity contribution in [2.75, 3.05) is 0 Å². The van der Waals surface area contributed by atoms with Crippen molar-refractivity contribution in [3.63, 3.8) is 0 Å². The highest BCUT2D eigenvalue weighted by Gasteiger charge is 2.15. The van der Waals surface area contributed by atoms with Crippen LogP contribution >= 0.6 is 0 Å². The maximum atomic E-state index is 10.1. The Labute approximate surface area is 102 Å². The first kappa shape index (κ1) is 11.8. The van der Waals surface area contributed by atoms with Crippen LogP contribution in [0.1, 0.15) is 30.7 Å². The molecule has 1 N–H and O–H groups in total. The van der Waals surface area contributed by atoms with Crippen molar-refractivity contribution >= 4 is 0 Å². The van der Waals surface area contributed by atoms with E-state index in [1.54, 1.807) is 6.20 Å². The second kappa shape index (κ2) is 5.11. The lowest BCUT2D eigenvalue weighted by atomic mass is 9.94. The van der Waals surface area contributed by atoms with Crippen LogP contribution in [0.3, 0.4) is 0 Å². The van der Waals surface area contributed by atoms with E-state index < -0.39 is 6.10 Å². The Balaban J connectivity index is 2.58. The molecule has 88 valence electrons. The van der Waals surface area contributed by atoms with Crippen LogP contribution in [0.25, 0.3) is 11.1 Å². The van der Waals surface area contributed by atoms with E-state index in [0.717, 1.165) is 22.4 Å². The molecular weight excluding hydrogens is 210 g/mol. The van der Waals surface area contributed by atoms with Crippen LogP contribution in [0, 0.1) is 6.92 Å². The lowest BCUT2D eigenvalue weighted by molar-refractivity contribution is 0.173. The smallest absolute Gasteiger partial charge is 0.0811 e. The molecule has 0 spiro atoms. The minimum atomic E-state index is -0.445. The van der Waals surface area contributed by atoms with Crippen LogP contribution in [0.4, 0.5) is 0 Å². The molecule has 1 atom stereocenters. The van der Waals surface area contributed by atoms with Crippen LogP contribution in [0.15, 0.2) is 42.6 Å². The van der Waals surface area contributed by atoms with Crippen molar-refractivity contribution in [2.45, 2.75) is 26.4 Å².